The minimum absolute atomic E-state index is 0.00404. The van der Waals surface area contributed by atoms with Gasteiger partial charge in [-0.1, -0.05) is 67.3 Å². The molecule has 1 aromatic heterocycles. The van der Waals surface area contributed by atoms with Crippen LogP contribution in [0.4, 0.5) is 0 Å². The second-order valence-electron chi connectivity index (χ2n) is 6.22. The Labute approximate surface area is 147 Å². The number of carbonyl (C=O) groups is 1. The second kappa shape index (κ2) is 6.40. The van der Waals surface area contributed by atoms with E-state index in [0.29, 0.717) is 5.69 Å². The highest BCUT2D eigenvalue weighted by Crippen LogP contribution is 2.36. The first-order chi connectivity index (χ1) is 12.3. The van der Waals surface area contributed by atoms with Crippen LogP contribution in [0.1, 0.15) is 27.2 Å². The zero-order valence-corrected chi connectivity index (χ0v) is 14.0. The van der Waals surface area contributed by atoms with Crippen molar-refractivity contribution in [2.24, 2.45) is 0 Å². The predicted molar refractivity (Wildman–Crippen MR) is 103 cm³/mol. The molecule has 0 atom stereocenters. The number of nitrogens with zero attached hydrogens (tertiary/aromatic N) is 1. The molecule has 0 saturated carbocycles. The van der Waals surface area contributed by atoms with Crippen LogP contribution in [0.25, 0.3) is 23.5 Å². The Balaban J connectivity index is 1.75. The van der Waals surface area contributed by atoms with E-state index in [0.717, 1.165) is 24.1 Å². The van der Waals surface area contributed by atoms with E-state index in [1.807, 2.05) is 53.1 Å². The third-order valence-electron chi connectivity index (χ3n) is 4.71. The maximum atomic E-state index is 12.8. The highest BCUT2D eigenvalue weighted by atomic mass is 16.1. The van der Waals surface area contributed by atoms with E-state index >= 15 is 0 Å². The zero-order valence-electron chi connectivity index (χ0n) is 14.0. The lowest BCUT2D eigenvalue weighted by Gasteiger charge is -2.18. The molecule has 4 rings (SSSR count). The summed E-state index contributed by atoms with van der Waals surface area (Å²) in [5.74, 6) is -0.00404. The summed E-state index contributed by atoms with van der Waals surface area (Å²) in [6.07, 6.45) is 7.20. The van der Waals surface area contributed by atoms with Crippen LogP contribution in [0, 0.1) is 0 Å². The van der Waals surface area contributed by atoms with Crippen molar-refractivity contribution < 1.29 is 4.79 Å². The lowest BCUT2D eigenvalue weighted by Crippen LogP contribution is -2.06. The van der Waals surface area contributed by atoms with Crippen molar-refractivity contribution in [3.05, 3.63) is 95.7 Å². The summed E-state index contributed by atoms with van der Waals surface area (Å²) in [5, 5.41) is 0. The van der Waals surface area contributed by atoms with E-state index in [-0.39, 0.29) is 5.78 Å². The quantitative estimate of drug-likeness (QED) is 0.474. The van der Waals surface area contributed by atoms with Crippen molar-refractivity contribution in [1.82, 2.24) is 4.57 Å². The van der Waals surface area contributed by atoms with Crippen LogP contribution < -0.4 is 0 Å². The SMILES string of the molecule is C=Cn1c(C(=O)/C=C/c2ccccc2)cc2c1-c1ccccc1CC2. The van der Waals surface area contributed by atoms with Crippen LogP contribution in [0.5, 0.6) is 0 Å². The summed E-state index contributed by atoms with van der Waals surface area (Å²) < 4.78 is 1.94. The van der Waals surface area contributed by atoms with Crippen LogP contribution in [-0.4, -0.2) is 10.4 Å². The van der Waals surface area contributed by atoms with Gasteiger partial charge in [0.05, 0.1) is 11.4 Å². The number of hydrogen-bond donors (Lipinski definition) is 0. The van der Waals surface area contributed by atoms with Gasteiger partial charge in [0.15, 0.2) is 0 Å². The fraction of sp³-hybridized carbons (Fsp3) is 0.0870. The van der Waals surface area contributed by atoms with Gasteiger partial charge in [0.25, 0.3) is 0 Å². The number of rotatable bonds is 4. The number of ketones is 1. The molecule has 0 bridgehead atoms. The second-order valence-corrected chi connectivity index (χ2v) is 6.22. The molecule has 1 aliphatic carbocycles. The molecule has 3 aromatic rings. The fourth-order valence-corrected chi connectivity index (χ4v) is 3.51. The summed E-state index contributed by atoms with van der Waals surface area (Å²) in [6.45, 7) is 3.93. The Morgan fingerprint density at radius 3 is 2.48 bits per heavy atom. The van der Waals surface area contributed by atoms with E-state index in [4.69, 9.17) is 0 Å². The Morgan fingerprint density at radius 1 is 0.960 bits per heavy atom. The summed E-state index contributed by atoms with van der Waals surface area (Å²) >= 11 is 0. The van der Waals surface area contributed by atoms with Crippen molar-refractivity contribution in [2.75, 3.05) is 0 Å². The molecule has 0 unspecified atom stereocenters. The van der Waals surface area contributed by atoms with Gasteiger partial charge in [-0.2, -0.15) is 0 Å². The molecule has 0 amide bonds. The smallest absolute Gasteiger partial charge is 0.202 e. The standard InChI is InChI=1S/C23H19NO/c1-2-24-21(22(25)15-12-17-8-4-3-5-9-17)16-19-14-13-18-10-6-7-11-20(18)23(19)24/h2-12,15-16H,1,13-14H2/b15-12+. The first-order valence-electron chi connectivity index (χ1n) is 8.50. The monoisotopic (exact) mass is 325 g/mol. The average Bonchev–Trinajstić information content (AvgIpc) is 3.06. The molecular formula is C23H19NO. The van der Waals surface area contributed by atoms with Crippen LogP contribution in [0.2, 0.25) is 0 Å². The number of allylic oxidation sites excluding steroid dienone is 1. The van der Waals surface area contributed by atoms with Crippen molar-refractivity contribution in [3.63, 3.8) is 0 Å². The highest BCUT2D eigenvalue weighted by Gasteiger charge is 2.23. The van der Waals surface area contributed by atoms with Crippen molar-refractivity contribution in [2.45, 2.75) is 12.8 Å². The van der Waals surface area contributed by atoms with Crippen LogP contribution in [-0.2, 0) is 12.8 Å². The maximum Gasteiger partial charge on any atom is 0.202 e. The molecule has 2 heteroatoms. The largest absolute Gasteiger partial charge is 0.313 e. The molecule has 0 fully saturated rings. The lowest BCUT2D eigenvalue weighted by molar-refractivity contribution is 0.104. The summed E-state index contributed by atoms with van der Waals surface area (Å²) in [4.78, 5) is 12.8. The molecule has 0 saturated heterocycles. The van der Waals surface area contributed by atoms with E-state index in [2.05, 4.69) is 24.8 Å². The van der Waals surface area contributed by atoms with Gasteiger partial charge < -0.3 is 4.57 Å². The summed E-state index contributed by atoms with van der Waals surface area (Å²) in [7, 11) is 0. The molecule has 25 heavy (non-hydrogen) atoms. The van der Waals surface area contributed by atoms with Crippen LogP contribution in [0.3, 0.4) is 0 Å². The Hall–Kier alpha value is -3.13. The molecule has 2 nitrogen and oxygen atoms in total. The van der Waals surface area contributed by atoms with Crippen LogP contribution in [0.15, 0.2) is 73.3 Å². The number of aromatic nitrogens is 1. The molecule has 2 aromatic carbocycles. The molecule has 122 valence electrons. The van der Waals surface area contributed by atoms with Gasteiger partial charge in [-0.05, 0) is 41.7 Å². The van der Waals surface area contributed by atoms with Gasteiger partial charge in [0.2, 0.25) is 5.78 Å². The normalized spacial score (nSPS) is 12.6. The van der Waals surface area contributed by atoms with Gasteiger partial charge >= 0.3 is 0 Å². The molecule has 1 heterocycles. The zero-order chi connectivity index (χ0) is 17.2. The van der Waals surface area contributed by atoms with Crippen LogP contribution >= 0.6 is 0 Å². The minimum atomic E-state index is -0.00404. The van der Waals surface area contributed by atoms with Gasteiger partial charge in [-0.15, -0.1) is 0 Å². The van der Waals surface area contributed by atoms with E-state index in [1.54, 1.807) is 12.3 Å². The number of benzene rings is 2. The van der Waals surface area contributed by atoms with Crippen molar-refractivity contribution in [3.8, 4) is 11.3 Å². The number of carbonyl (C=O) groups excluding carboxylic acids is 1. The summed E-state index contributed by atoms with van der Waals surface area (Å²) in [5.41, 5.74) is 6.54. The highest BCUT2D eigenvalue weighted by molar-refractivity contribution is 6.07. The van der Waals surface area contributed by atoms with Crippen molar-refractivity contribution in [1.29, 1.82) is 0 Å². The first-order valence-corrected chi connectivity index (χ1v) is 8.50. The fourth-order valence-electron chi connectivity index (χ4n) is 3.51. The minimum Gasteiger partial charge on any atom is -0.313 e. The molecule has 0 radical (unpaired) electrons. The third kappa shape index (κ3) is 2.76. The Kier molecular flexibility index (Phi) is 3.95. The Morgan fingerprint density at radius 2 is 1.68 bits per heavy atom. The number of fused-ring (bicyclic) bond motifs is 3. The van der Waals surface area contributed by atoms with Gasteiger partial charge in [0.1, 0.15) is 0 Å². The molecule has 0 spiro atoms. The number of aryl methyl sites for hydroxylation is 2. The average molecular weight is 325 g/mol. The third-order valence-corrected chi connectivity index (χ3v) is 4.71. The van der Waals surface area contributed by atoms with E-state index < -0.39 is 0 Å². The maximum absolute atomic E-state index is 12.8. The Bertz CT molecular complexity index is 977. The van der Waals surface area contributed by atoms with Crippen molar-refractivity contribution >= 4 is 18.1 Å². The van der Waals surface area contributed by atoms with Gasteiger partial charge in [-0.3, -0.25) is 4.79 Å². The van der Waals surface area contributed by atoms with E-state index in [1.165, 1.54) is 16.7 Å². The number of hydrogen-bond acceptors (Lipinski definition) is 1. The van der Waals surface area contributed by atoms with Gasteiger partial charge in [-0.25, -0.2) is 0 Å². The molecule has 0 aliphatic heterocycles. The molecule has 0 N–H and O–H groups in total. The predicted octanol–water partition coefficient (Wildman–Crippen LogP) is 5.25. The van der Waals surface area contributed by atoms with Gasteiger partial charge in [0, 0.05) is 11.8 Å². The molecule has 1 aliphatic rings. The molecular weight excluding hydrogens is 306 g/mol. The topological polar surface area (TPSA) is 22.0 Å². The summed E-state index contributed by atoms with van der Waals surface area (Å²) in [6, 6.07) is 20.3. The lowest BCUT2D eigenvalue weighted by atomic mass is 9.90. The van der Waals surface area contributed by atoms with E-state index in [9.17, 15) is 4.79 Å². The first kappa shape index (κ1) is 15.4.